The van der Waals surface area contributed by atoms with Gasteiger partial charge in [-0.2, -0.15) is 5.10 Å². The van der Waals surface area contributed by atoms with Gasteiger partial charge >= 0.3 is 0 Å². The fourth-order valence-electron chi connectivity index (χ4n) is 2.96. The van der Waals surface area contributed by atoms with Crippen LogP contribution in [0.5, 0.6) is 5.75 Å². The number of H-pyrrole nitrogens is 1. The molecule has 0 saturated carbocycles. The van der Waals surface area contributed by atoms with E-state index in [4.69, 9.17) is 9.47 Å². The van der Waals surface area contributed by atoms with Crippen LogP contribution in [0.15, 0.2) is 23.1 Å². The standard InChI is InChI=1S/C18H23N3O4S/c1-12-13(2)19-20-18(12)21-7-5-6-14-10-17(16(25-4)11-15(14)21)26(22,23)9-8-24-3/h5-6,10-11H,7-9H2,1-4H3,(H,19,20). The third-order valence-electron chi connectivity index (χ3n) is 4.56. The van der Waals surface area contributed by atoms with Gasteiger partial charge in [0.25, 0.3) is 0 Å². The van der Waals surface area contributed by atoms with Crippen LogP contribution in [0.25, 0.3) is 6.08 Å². The Hall–Kier alpha value is -2.32. The van der Waals surface area contributed by atoms with E-state index in [0.29, 0.717) is 12.3 Å². The third kappa shape index (κ3) is 3.22. The first kappa shape index (κ1) is 18.5. The maximum Gasteiger partial charge on any atom is 0.184 e. The Morgan fingerprint density at radius 2 is 2.04 bits per heavy atom. The number of aromatic nitrogens is 2. The van der Waals surface area contributed by atoms with E-state index < -0.39 is 9.84 Å². The van der Waals surface area contributed by atoms with Crippen molar-refractivity contribution in [2.75, 3.05) is 38.0 Å². The lowest BCUT2D eigenvalue weighted by Gasteiger charge is -2.28. The summed E-state index contributed by atoms with van der Waals surface area (Å²) in [6.45, 7) is 4.76. The lowest BCUT2D eigenvalue weighted by atomic mass is 10.1. The molecule has 0 amide bonds. The van der Waals surface area contributed by atoms with Crippen molar-refractivity contribution < 1.29 is 17.9 Å². The molecule has 1 aromatic heterocycles. The van der Waals surface area contributed by atoms with Gasteiger partial charge in [-0.25, -0.2) is 8.42 Å². The van der Waals surface area contributed by atoms with E-state index >= 15 is 0 Å². The predicted molar refractivity (Wildman–Crippen MR) is 101 cm³/mol. The van der Waals surface area contributed by atoms with Crippen molar-refractivity contribution in [2.45, 2.75) is 18.7 Å². The molecule has 1 N–H and O–H groups in total. The number of fused-ring (bicyclic) bond motifs is 1. The van der Waals surface area contributed by atoms with Crippen LogP contribution in [0.2, 0.25) is 0 Å². The van der Waals surface area contributed by atoms with Gasteiger partial charge in [-0.05, 0) is 25.5 Å². The minimum atomic E-state index is -3.51. The Bertz CT molecular complexity index is 948. The van der Waals surface area contributed by atoms with Crippen molar-refractivity contribution in [3.63, 3.8) is 0 Å². The van der Waals surface area contributed by atoms with Crippen LogP contribution in [-0.4, -0.2) is 51.7 Å². The van der Waals surface area contributed by atoms with Gasteiger partial charge in [0.1, 0.15) is 10.6 Å². The summed E-state index contributed by atoms with van der Waals surface area (Å²) < 4.78 is 35.6. The summed E-state index contributed by atoms with van der Waals surface area (Å²) in [5, 5.41) is 7.39. The quantitative estimate of drug-likeness (QED) is 0.833. The molecule has 1 aromatic carbocycles. The van der Waals surface area contributed by atoms with Crippen LogP contribution in [0.4, 0.5) is 11.5 Å². The molecule has 26 heavy (non-hydrogen) atoms. The second-order valence-electron chi connectivity index (χ2n) is 6.18. The lowest BCUT2D eigenvalue weighted by molar-refractivity contribution is 0.217. The number of aryl methyl sites for hydroxylation is 1. The Kier molecular flexibility index (Phi) is 5.06. The largest absolute Gasteiger partial charge is 0.495 e. The van der Waals surface area contributed by atoms with Crippen LogP contribution >= 0.6 is 0 Å². The zero-order chi connectivity index (χ0) is 18.9. The first-order valence-electron chi connectivity index (χ1n) is 8.28. The molecule has 7 nitrogen and oxygen atoms in total. The minimum Gasteiger partial charge on any atom is -0.495 e. The van der Waals surface area contributed by atoms with Gasteiger partial charge in [-0.1, -0.05) is 12.2 Å². The number of methoxy groups -OCH3 is 2. The summed E-state index contributed by atoms with van der Waals surface area (Å²) in [6.07, 6.45) is 3.92. The molecule has 0 radical (unpaired) electrons. The van der Waals surface area contributed by atoms with Crippen molar-refractivity contribution >= 4 is 27.4 Å². The van der Waals surface area contributed by atoms with Crippen LogP contribution in [0.3, 0.4) is 0 Å². The molecular formula is C18H23N3O4S. The highest BCUT2D eigenvalue weighted by Crippen LogP contribution is 2.39. The van der Waals surface area contributed by atoms with Crippen molar-refractivity contribution in [2.24, 2.45) is 0 Å². The van der Waals surface area contributed by atoms with Crippen LogP contribution < -0.4 is 9.64 Å². The average Bonchev–Trinajstić information content (AvgIpc) is 2.97. The average molecular weight is 377 g/mol. The van der Waals surface area contributed by atoms with Crippen molar-refractivity contribution in [3.8, 4) is 5.75 Å². The molecule has 1 aliphatic rings. The zero-order valence-corrected chi connectivity index (χ0v) is 16.2. The number of benzene rings is 1. The summed E-state index contributed by atoms with van der Waals surface area (Å²) in [5.41, 5.74) is 3.74. The molecule has 3 rings (SSSR count). The van der Waals surface area contributed by atoms with E-state index in [9.17, 15) is 8.42 Å². The zero-order valence-electron chi connectivity index (χ0n) is 15.4. The molecule has 2 heterocycles. The molecule has 0 bridgehead atoms. The Labute approximate surface area is 153 Å². The predicted octanol–water partition coefficient (Wildman–Crippen LogP) is 2.62. The van der Waals surface area contributed by atoms with Gasteiger partial charge in [-0.3, -0.25) is 5.10 Å². The fraction of sp³-hybridized carbons (Fsp3) is 0.389. The van der Waals surface area contributed by atoms with Crippen molar-refractivity contribution in [3.05, 3.63) is 35.0 Å². The fourth-order valence-corrected chi connectivity index (χ4v) is 4.32. The van der Waals surface area contributed by atoms with Crippen LogP contribution in [0.1, 0.15) is 16.8 Å². The van der Waals surface area contributed by atoms with E-state index in [-0.39, 0.29) is 17.3 Å². The van der Waals surface area contributed by atoms with Crippen LogP contribution in [-0.2, 0) is 14.6 Å². The second kappa shape index (κ2) is 7.13. The maximum absolute atomic E-state index is 12.7. The second-order valence-corrected chi connectivity index (χ2v) is 8.26. The summed E-state index contributed by atoms with van der Waals surface area (Å²) >= 11 is 0. The number of ether oxygens (including phenoxy) is 2. The molecule has 2 aromatic rings. The van der Waals surface area contributed by atoms with E-state index in [1.54, 1.807) is 12.1 Å². The number of rotatable bonds is 6. The van der Waals surface area contributed by atoms with Gasteiger partial charge in [0.05, 0.1) is 25.2 Å². The molecule has 0 spiro atoms. The minimum absolute atomic E-state index is 0.0935. The smallest absolute Gasteiger partial charge is 0.184 e. The van der Waals surface area contributed by atoms with E-state index in [1.807, 2.05) is 30.9 Å². The van der Waals surface area contributed by atoms with Gasteiger partial charge < -0.3 is 14.4 Å². The topological polar surface area (TPSA) is 84.5 Å². The van der Waals surface area contributed by atoms with Gasteiger partial charge in [0.15, 0.2) is 15.7 Å². The Balaban J connectivity index is 2.11. The molecule has 0 unspecified atom stereocenters. The van der Waals surface area contributed by atoms with E-state index in [0.717, 1.165) is 28.3 Å². The number of hydrogen-bond donors (Lipinski definition) is 1. The molecule has 8 heteroatoms. The number of nitrogens with zero attached hydrogens (tertiary/aromatic N) is 2. The number of anilines is 2. The van der Waals surface area contributed by atoms with Crippen molar-refractivity contribution in [1.82, 2.24) is 10.2 Å². The van der Waals surface area contributed by atoms with E-state index in [2.05, 4.69) is 10.2 Å². The first-order valence-corrected chi connectivity index (χ1v) is 9.93. The van der Waals surface area contributed by atoms with Gasteiger partial charge in [0.2, 0.25) is 0 Å². The molecule has 0 aliphatic carbocycles. The number of aromatic amines is 1. The van der Waals surface area contributed by atoms with Gasteiger partial charge in [0, 0.05) is 31.0 Å². The normalized spacial score (nSPS) is 13.8. The number of nitrogens with one attached hydrogen (secondary N) is 1. The monoisotopic (exact) mass is 377 g/mol. The highest BCUT2D eigenvalue weighted by atomic mass is 32.2. The van der Waals surface area contributed by atoms with Gasteiger partial charge in [-0.15, -0.1) is 0 Å². The van der Waals surface area contributed by atoms with Crippen LogP contribution in [0, 0.1) is 13.8 Å². The molecule has 0 atom stereocenters. The maximum atomic E-state index is 12.7. The highest BCUT2D eigenvalue weighted by Gasteiger charge is 2.26. The number of hydrogen-bond acceptors (Lipinski definition) is 6. The lowest BCUT2D eigenvalue weighted by Crippen LogP contribution is -2.22. The summed E-state index contributed by atoms with van der Waals surface area (Å²) in [4.78, 5) is 2.22. The first-order chi connectivity index (χ1) is 12.4. The summed E-state index contributed by atoms with van der Waals surface area (Å²) in [6, 6.07) is 3.43. The molecule has 0 fully saturated rings. The molecule has 140 valence electrons. The molecule has 1 aliphatic heterocycles. The SMILES string of the molecule is COCCS(=O)(=O)c1cc2c(cc1OC)N(c1n[nH]c(C)c1C)CC=C2. The summed E-state index contributed by atoms with van der Waals surface area (Å²) in [7, 11) is -0.552. The third-order valence-corrected chi connectivity index (χ3v) is 6.26. The highest BCUT2D eigenvalue weighted by molar-refractivity contribution is 7.91. The summed E-state index contributed by atoms with van der Waals surface area (Å²) in [5.74, 6) is 1.05. The Morgan fingerprint density at radius 3 is 2.65 bits per heavy atom. The molecule has 0 saturated heterocycles. The van der Waals surface area contributed by atoms with Crippen molar-refractivity contribution in [1.29, 1.82) is 0 Å². The number of sulfone groups is 1. The Morgan fingerprint density at radius 1 is 1.27 bits per heavy atom. The van der Waals surface area contributed by atoms with E-state index in [1.165, 1.54) is 14.2 Å². The molecular weight excluding hydrogens is 354 g/mol.